The third-order valence-corrected chi connectivity index (χ3v) is 2.76. The normalized spacial score (nSPS) is 10.0. The fourth-order valence-corrected chi connectivity index (χ4v) is 1.77. The van der Waals surface area contributed by atoms with Crippen LogP contribution in [0.25, 0.3) is 0 Å². The zero-order valence-electron chi connectivity index (χ0n) is 11.1. The molecule has 0 spiro atoms. The molecular formula is C16H17NO3. The Morgan fingerprint density at radius 2 is 1.90 bits per heavy atom. The molecule has 0 radical (unpaired) electrons. The molecule has 0 aliphatic rings. The van der Waals surface area contributed by atoms with E-state index in [1.807, 2.05) is 24.3 Å². The largest absolute Gasteiger partial charge is 0.508 e. The molecule has 0 atom stereocenters. The number of hydrogen-bond acceptors (Lipinski definition) is 3. The van der Waals surface area contributed by atoms with E-state index in [0.717, 1.165) is 5.56 Å². The van der Waals surface area contributed by atoms with Crippen LogP contribution >= 0.6 is 0 Å². The lowest BCUT2D eigenvalue weighted by Crippen LogP contribution is -2.30. The van der Waals surface area contributed by atoms with Crippen LogP contribution in [0.4, 0.5) is 0 Å². The van der Waals surface area contributed by atoms with Gasteiger partial charge in [0.05, 0.1) is 0 Å². The van der Waals surface area contributed by atoms with Crippen molar-refractivity contribution in [2.75, 3.05) is 13.2 Å². The number of ether oxygens (including phenoxy) is 1. The number of phenols is 1. The molecule has 4 nitrogen and oxygen atoms in total. The average molecular weight is 271 g/mol. The number of hydrogen-bond donors (Lipinski definition) is 2. The van der Waals surface area contributed by atoms with Crippen LogP contribution in [0.15, 0.2) is 54.6 Å². The topological polar surface area (TPSA) is 58.6 Å². The first-order valence-electron chi connectivity index (χ1n) is 6.46. The Morgan fingerprint density at radius 3 is 2.65 bits per heavy atom. The summed E-state index contributed by atoms with van der Waals surface area (Å²) >= 11 is 0. The fourth-order valence-electron chi connectivity index (χ4n) is 1.77. The summed E-state index contributed by atoms with van der Waals surface area (Å²) in [7, 11) is 0. The van der Waals surface area contributed by atoms with E-state index in [-0.39, 0.29) is 18.3 Å². The van der Waals surface area contributed by atoms with E-state index >= 15 is 0 Å². The van der Waals surface area contributed by atoms with Crippen LogP contribution in [-0.4, -0.2) is 24.2 Å². The number of amides is 1. The lowest BCUT2D eigenvalue weighted by molar-refractivity contribution is -0.123. The molecule has 0 unspecified atom stereocenters. The quantitative estimate of drug-likeness (QED) is 0.846. The van der Waals surface area contributed by atoms with Crippen molar-refractivity contribution >= 4 is 5.91 Å². The van der Waals surface area contributed by atoms with Gasteiger partial charge in [0.2, 0.25) is 0 Å². The molecule has 20 heavy (non-hydrogen) atoms. The van der Waals surface area contributed by atoms with Gasteiger partial charge in [-0.1, -0.05) is 30.3 Å². The van der Waals surface area contributed by atoms with Crippen LogP contribution in [0.3, 0.4) is 0 Å². The summed E-state index contributed by atoms with van der Waals surface area (Å²) in [6, 6.07) is 16.2. The summed E-state index contributed by atoms with van der Waals surface area (Å²) in [5, 5.41) is 12.1. The van der Waals surface area contributed by atoms with Gasteiger partial charge in [-0.05, 0) is 36.2 Å². The van der Waals surface area contributed by atoms with Gasteiger partial charge in [-0.25, -0.2) is 0 Å². The SMILES string of the molecule is O=C(COc1ccccc1)NCCc1cccc(O)c1. The van der Waals surface area contributed by atoms with E-state index in [2.05, 4.69) is 5.32 Å². The first kappa shape index (κ1) is 13.9. The number of rotatable bonds is 6. The van der Waals surface area contributed by atoms with Crippen molar-refractivity contribution in [2.24, 2.45) is 0 Å². The van der Waals surface area contributed by atoms with Crippen LogP contribution in [0, 0.1) is 0 Å². The Morgan fingerprint density at radius 1 is 1.10 bits per heavy atom. The Labute approximate surface area is 118 Å². The molecule has 0 aliphatic carbocycles. The minimum Gasteiger partial charge on any atom is -0.508 e. The zero-order chi connectivity index (χ0) is 14.2. The molecule has 104 valence electrons. The molecule has 1 amide bonds. The van der Waals surface area contributed by atoms with E-state index in [4.69, 9.17) is 4.74 Å². The number of carbonyl (C=O) groups excluding carboxylic acids is 1. The van der Waals surface area contributed by atoms with Gasteiger partial charge in [-0.3, -0.25) is 4.79 Å². The van der Waals surface area contributed by atoms with Gasteiger partial charge in [0, 0.05) is 6.54 Å². The molecule has 0 fully saturated rings. The summed E-state index contributed by atoms with van der Waals surface area (Å²) in [5.41, 5.74) is 0.981. The molecule has 2 aromatic carbocycles. The number of phenolic OH excluding ortho intramolecular Hbond substituents is 1. The predicted octanol–water partition coefficient (Wildman–Crippen LogP) is 2.13. The Kier molecular flexibility index (Phi) is 5.00. The van der Waals surface area contributed by atoms with Crippen molar-refractivity contribution in [1.29, 1.82) is 0 Å². The van der Waals surface area contributed by atoms with Crippen molar-refractivity contribution in [3.8, 4) is 11.5 Å². The third kappa shape index (κ3) is 4.65. The highest BCUT2D eigenvalue weighted by Gasteiger charge is 2.02. The molecule has 0 heterocycles. The molecule has 0 aliphatic heterocycles. The third-order valence-electron chi connectivity index (χ3n) is 2.76. The smallest absolute Gasteiger partial charge is 0.257 e. The number of benzene rings is 2. The molecule has 2 N–H and O–H groups in total. The number of carbonyl (C=O) groups is 1. The molecular weight excluding hydrogens is 254 g/mol. The average Bonchev–Trinajstić information content (AvgIpc) is 2.46. The second kappa shape index (κ2) is 7.19. The summed E-state index contributed by atoms with van der Waals surface area (Å²) in [6.45, 7) is 0.518. The lowest BCUT2D eigenvalue weighted by atomic mass is 10.1. The number of para-hydroxylation sites is 1. The first-order valence-corrected chi connectivity index (χ1v) is 6.46. The van der Waals surface area contributed by atoms with Gasteiger partial charge in [-0.2, -0.15) is 0 Å². The maximum atomic E-state index is 11.6. The zero-order valence-corrected chi connectivity index (χ0v) is 11.1. The first-order chi connectivity index (χ1) is 9.74. The van der Waals surface area contributed by atoms with Gasteiger partial charge in [-0.15, -0.1) is 0 Å². The van der Waals surface area contributed by atoms with Gasteiger partial charge in [0.15, 0.2) is 6.61 Å². The van der Waals surface area contributed by atoms with E-state index in [1.54, 1.807) is 30.3 Å². The van der Waals surface area contributed by atoms with Crippen molar-refractivity contribution in [3.05, 3.63) is 60.2 Å². The second-order valence-electron chi connectivity index (χ2n) is 4.37. The molecule has 0 bridgehead atoms. The Bertz CT molecular complexity index is 555. The molecule has 0 aromatic heterocycles. The van der Waals surface area contributed by atoms with Crippen LogP contribution in [0.5, 0.6) is 11.5 Å². The van der Waals surface area contributed by atoms with Crippen molar-refractivity contribution < 1.29 is 14.6 Å². The van der Waals surface area contributed by atoms with Gasteiger partial charge in [0.1, 0.15) is 11.5 Å². The molecule has 0 saturated heterocycles. The van der Waals surface area contributed by atoms with Crippen molar-refractivity contribution in [1.82, 2.24) is 5.32 Å². The summed E-state index contributed by atoms with van der Waals surface area (Å²) in [4.78, 5) is 11.6. The summed E-state index contributed by atoms with van der Waals surface area (Å²) in [6.07, 6.45) is 0.672. The maximum Gasteiger partial charge on any atom is 0.257 e. The standard InChI is InChI=1S/C16H17NO3/c18-14-6-4-5-13(11-14)9-10-17-16(19)12-20-15-7-2-1-3-8-15/h1-8,11,18H,9-10,12H2,(H,17,19). The number of aromatic hydroxyl groups is 1. The predicted molar refractivity (Wildman–Crippen MR) is 76.8 cm³/mol. The van der Waals surface area contributed by atoms with Crippen molar-refractivity contribution in [2.45, 2.75) is 6.42 Å². The van der Waals surface area contributed by atoms with Crippen LogP contribution in [0.2, 0.25) is 0 Å². The second-order valence-corrected chi connectivity index (χ2v) is 4.37. The minimum absolute atomic E-state index is 0.00402. The highest BCUT2D eigenvalue weighted by atomic mass is 16.5. The van der Waals surface area contributed by atoms with E-state index < -0.39 is 0 Å². The molecule has 0 saturated carbocycles. The van der Waals surface area contributed by atoms with Crippen molar-refractivity contribution in [3.63, 3.8) is 0 Å². The maximum absolute atomic E-state index is 11.6. The van der Waals surface area contributed by atoms with E-state index in [9.17, 15) is 9.90 Å². The monoisotopic (exact) mass is 271 g/mol. The van der Waals surface area contributed by atoms with Crippen LogP contribution < -0.4 is 10.1 Å². The van der Waals surface area contributed by atoms with Crippen LogP contribution in [-0.2, 0) is 11.2 Å². The highest BCUT2D eigenvalue weighted by molar-refractivity contribution is 5.77. The van der Waals surface area contributed by atoms with Crippen LogP contribution in [0.1, 0.15) is 5.56 Å². The van der Waals surface area contributed by atoms with Gasteiger partial charge < -0.3 is 15.2 Å². The summed E-state index contributed by atoms with van der Waals surface area (Å²) < 4.78 is 5.34. The number of nitrogens with one attached hydrogen (secondary N) is 1. The minimum atomic E-state index is -0.158. The fraction of sp³-hybridized carbons (Fsp3) is 0.188. The lowest BCUT2D eigenvalue weighted by Gasteiger charge is -2.07. The van der Waals surface area contributed by atoms with Gasteiger partial charge in [0.25, 0.3) is 5.91 Å². The van der Waals surface area contributed by atoms with Gasteiger partial charge >= 0.3 is 0 Å². The summed E-state index contributed by atoms with van der Waals surface area (Å²) in [5.74, 6) is 0.755. The Hall–Kier alpha value is -2.49. The van der Waals surface area contributed by atoms with E-state index in [1.165, 1.54) is 0 Å². The molecule has 4 heteroatoms. The highest BCUT2D eigenvalue weighted by Crippen LogP contribution is 2.11. The Balaban J connectivity index is 1.68. The van der Waals surface area contributed by atoms with E-state index in [0.29, 0.717) is 18.7 Å². The molecule has 2 rings (SSSR count). The molecule has 2 aromatic rings.